The van der Waals surface area contributed by atoms with E-state index in [0.29, 0.717) is 11.8 Å². The van der Waals surface area contributed by atoms with Gasteiger partial charge in [0, 0.05) is 39.4 Å². The molecule has 0 N–H and O–H groups in total. The highest BCUT2D eigenvalue weighted by Crippen LogP contribution is 2.37. The summed E-state index contributed by atoms with van der Waals surface area (Å²) in [4.78, 5) is 17.2. The number of anilines is 1. The van der Waals surface area contributed by atoms with Gasteiger partial charge in [0.25, 0.3) is 0 Å². The summed E-state index contributed by atoms with van der Waals surface area (Å²) in [5, 5.41) is 4.19. The molecule has 1 aromatic heterocycles. The minimum atomic E-state index is 0.211. The van der Waals surface area contributed by atoms with Gasteiger partial charge < -0.3 is 9.80 Å². The van der Waals surface area contributed by atoms with Crippen LogP contribution in [0.5, 0.6) is 0 Å². The molecule has 1 aromatic rings. The van der Waals surface area contributed by atoms with E-state index >= 15 is 0 Å². The molecule has 2 saturated heterocycles. The fourth-order valence-corrected chi connectivity index (χ4v) is 3.76. The molecular formula is C15H22N4O. The Morgan fingerprint density at radius 3 is 2.85 bits per heavy atom. The number of hydrogen-bond acceptors (Lipinski definition) is 3. The maximum Gasteiger partial charge on any atom is 0.231 e. The van der Waals surface area contributed by atoms with E-state index in [-0.39, 0.29) is 5.92 Å². The molecule has 0 radical (unpaired) electrons. The molecule has 108 valence electrons. The number of rotatable bonds is 3. The number of fused-ring (bicyclic) bond motifs is 1. The molecule has 4 rings (SSSR count). The van der Waals surface area contributed by atoms with Crippen LogP contribution in [0.4, 0.5) is 5.69 Å². The molecule has 1 aliphatic carbocycles. The number of piperidine rings is 1. The summed E-state index contributed by atoms with van der Waals surface area (Å²) < 4.78 is 1.77. The van der Waals surface area contributed by atoms with Crippen molar-refractivity contribution in [2.45, 2.75) is 19.3 Å². The Morgan fingerprint density at radius 2 is 2.15 bits per heavy atom. The molecule has 2 aliphatic heterocycles. The van der Waals surface area contributed by atoms with Crippen LogP contribution in [0.3, 0.4) is 0 Å². The van der Waals surface area contributed by atoms with E-state index in [0.717, 1.165) is 37.7 Å². The lowest BCUT2D eigenvalue weighted by molar-refractivity contribution is -0.124. The van der Waals surface area contributed by atoms with Gasteiger partial charge in [0.05, 0.1) is 17.8 Å². The smallest absolute Gasteiger partial charge is 0.231 e. The first-order valence-electron chi connectivity index (χ1n) is 7.73. The number of aryl methyl sites for hydroxylation is 1. The molecule has 2 atom stereocenters. The van der Waals surface area contributed by atoms with Gasteiger partial charge in [-0.3, -0.25) is 9.48 Å². The van der Waals surface area contributed by atoms with Gasteiger partial charge in [0.2, 0.25) is 5.91 Å². The van der Waals surface area contributed by atoms with Crippen LogP contribution < -0.4 is 4.90 Å². The molecule has 3 fully saturated rings. The van der Waals surface area contributed by atoms with Crippen molar-refractivity contribution in [3.8, 4) is 0 Å². The molecule has 3 aliphatic rings. The van der Waals surface area contributed by atoms with Crippen molar-refractivity contribution in [2.75, 3.05) is 31.1 Å². The van der Waals surface area contributed by atoms with Crippen LogP contribution in [0, 0.1) is 17.8 Å². The fraction of sp³-hybridized carbons (Fsp3) is 0.733. The van der Waals surface area contributed by atoms with Crippen molar-refractivity contribution in [3.63, 3.8) is 0 Å². The van der Waals surface area contributed by atoms with Crippen molar-refractivity contribution in [3.05, 3.63) is 12.4 Å². The van der Waals surface area contributed by atoms with Gasteiger partial charge in [-0.2, -0.15) is 5.10 Å². The van der Waals surface area contributed by atoms with Crippen LogP contribution in [0.15, 0.2) is 12.4 Å². The number of aromatic nitrogens is 2. The minimum Gasteiger partial charge on any atom is -0.309 e. The average molecular weight is 274 g/mol. The maximum atomic E-state index is 12.7. The highest BCUT2D eigenvalue weighted by molar-refractivity contribution is 5.96. The second-order valence-electron chi connectivity index (χ2n) is 6.68. The van der Waals surface area contributed by atoms with Gasteiger partial charge in [-0.15, -0.1) is 0 Å². The number of nitrogens with zero attached hydrogens (tertiary/aromatic N) is 4. The number of carbonyl (C=O) groups excluding carboxylic acids is 1. The van der Waals surface area contributed by atoms with Crippen LogP contribution in [0.25, 0.3) is 0 Å². The minimum absolute atomic E-state index is 0.211. The van der Waals surface area contributed by atoms with Crippen molar-refractivity contribution in [1.29, 1.82) is 0 Å². The Balaban J connectivity index is 1.47. The van der Waals surface area contributed by atoms with E-state index in [1.165, 1.54) is 19.4 Å². The first kappa shape index (κ1) is 12.4. The van der Waals surface area contributed by atoms with E-state index in [2.05, 4.69) is 10.00 Å². The normalized spacial score (nSPS) is 30.9. The van der Waals surface area contributed by atoms with Crippen molar-refractivity contribution >= 4 is 11.6 Å². The second-order valence-corrected chi connectivity index (χ2v) is 6.68. The average Bonchev–Trinajstić information content (AvgIpc) is 2.96. The Morgan fingerprint density at radius 1 is 1.30 bits per heavy atom. The van der Waals surface area contributed by atoms with Gasteiger partial charge in [-0.05, 0) is 31.1 Å². The molecule has 1 saturated carbocycles. The van der Waals surface area contributed by atoms with Gasteiger partial charge in [0.15, 0.2) is 0 Å². The number of amides is 1. The van der Waals surface area contributed by atoms with E-state index in [1.54, 1.807) is 10.9 Å². The van der Waals surface area contributed by atoms with Crippen LogP contribution in [-0.4, -0.2) is 46.8 Å². The topological polar surface area (TPSA) is 41.4 Å². The van der Waals surface area contributed by atoms with Gasteiger partial charge in [-0.1, -0.05) is 0 Å². The zero-order chi connectivity index (χ0) is 13.7. The summed E-state index contributed by atoms with van der Waals surface area (Å²) >= 11 is 0. The third-order valence-electron chi connectivity index (χ3n) is 5.04. The van der Waals surface area contributed by atoms with Crippen LogP contribution >= 0.6 is 0 Å². The number of likely N-dealkylation sites (tertiary alicyclic amines) is 1. The maximum absolute atomic E-state index is 12.7. The Labute approximate surface area is 119 Å². The summed E-state index contributed by atoms with van der Waals surface area (Å²) in [5.41, 5.74) is 0.955. The fourth-order valence-electron chi connectivity index (χ4n) is 3.76. The zero-order valence-electron chi connectivity index (χ0n) is 12.0. The first-order valence-corrected chi connectivity index (χ1v) is 7.73. The molecule has 0 spiro atoms. The van der Waals surface area contributed by atoms with Gasteiger partial charge in [0.1, 0.15) is 0 Å². The lowest BCUT2D eigenvalue weighted by atomic mass is 9.88. The molecular weight excluding hydrogens is 252 g/mol. The molecule has 5 heteroatoms. The highest BCUT2D eigenvalue weighted by Gasteiger charge is 2.44. The van der Waals surface area contributed by atoms with E-state index in [4.69, 9.17) is 0 Å². The number of hydrogen-bond donors (Lipinski definition) is 0. The third-order valence-corrected chi connectivity index (χ3v) is 5.04. The van der Waals surface area contributed by atoms with Crippen LogP contribution in [0.1, 0.15) is 19.3 Å². The van der Waals surface area contributed by atoms with Crippen LogP contribution in [-0.2, 0) is 11.8 Å². The molecule has 0 aromatic carbocycles. The lowest BCUT2D eigenvalue weighted by Crippen LogP contribution is -2.45. The summed E-state index contributed by atoms with van der Waals surface area (Å²) in [6.07, 6.45) is 7.65. The largest absolute Gasteiger partial charge is 0.309 e. The van der Waals surface area contributed by atoms with E-state index in [1.807, 2.05) is 18.1 Å². The van der Waals surface area contributed by atoms with Gasteiger partial charge >= 0.3 is 0 Å². The third kappa shape index (κ3) is 2.14. The Bertz CT molecular complexity index is 522. The first-order chi connectivity index (χ1) is 9.70. The van der Waals surface area contributed by atoms with Crippen molar-refractivity contribution < 1.29 is 4.79 Å². The summed E-state index contributed by atoms with van der Waals surface area (Å²) in [7, 11) is 1.90. The molecule has 1 amide bonds. The van der Waals surface area contributed by atoms with Crippen molar-refractivity contribution in [1.82, 2.24) is 14.7 Å². The van der Waals surface area contributed by atoms with E-state index < -0.39 is 0 Å². The summed E-state index contributed by atoms with van der Waals surface area (Å²) in [6, 6.07) is 0. The number of carbonyl (C=O) groups is 1. The summed E-state index contributed by atoms with van der Waals surface area (Å²) in [5.74, 6) is 2.02. The monoisotopic (exact) mass is 274 g/mol. The van der Waals surface area contributed by atoms with Gasteiger partial charge in [-0.25, -0.2) is 0 Å². The SMILES string of the molecule is Cn1cc(N2CC[C@H]3CN(CC4CC4)C[C@H]3C2=O)cn1. The Kier molecular flexibility index (Phi) is 2.84. The molecule has 0 unspecified atom stereocenters. The predicted molar refractivity (Wildman–Crippen MR) is 76.3 cm³/mol. The molecule has 5 nitrogen and oxygen atoms in total. The van der Waals surface area contributed by atoms with Crippen LogP contribution in [0.2, 0.25) is 0 Å². The highest BCUT2D eigenvalue weighted by atomic mass is 16.2. The second kappa shape index (κ2) is 4.58. The standard InChI is InChI=1S/C15H22N4O/c1-17-9-13(6-16-17)19-5-4-12-8-18(7-11-2-3-11)10-14(12)15(19)20/h6,9,11-12,14H,2-5,7-8,10H2,1H3/t12-,14+/m0/s1. The summed E-state index contributed by atoms with van der Waals surface area (Å²) in [6.45, 7) is 4.17. The molecule has 20 heavy (non-hydrogen) atoms. The molecule has 0 bridgehead atoms. The zero-order valence-corrected chi connectivity index (χ0v) is 12.0. The Hall–Kier alpha value is -1.36. The molecule has 3 heterocycles. The predicted octanol–water partition coefficient (Wildman–Crippen LogP) is 1.11. The lowest BCUT2D eigenvalue weighted by Gasteiger charge is -2.32. The van der Waals surface area contributed by atoms with E-state index in [9.17, 15) is 4.79 Å². The quantitative estimate of drug-likeness (QED) is 0.829. The van der Waals surface area contributed by atoms with Crippen molar-refractivity contribution in [2.24, 2.45) is 24.8 Å².